The Labute approximate surface area is 199 Å². The smallest absolute Gasteiger partial charge is 0.238 e. The first-order valence-corrected chi connectivity index (χ1v) is 12.7. The van der Waals surface area contributed by atoms with Crippen LogP contribution in [0.5, 0.6) is 5.75 Å². The zero-order valence-electron chi connectivity index (χ0n) is 19.9. The van der Waals surface area contributed by atoms with Crippen molar-refractivity contribution in [2.24, 2.45) is 0 Å². The number of ether oxygens (including phenoxy) is 1. The molecule has 0 spiro atoms. The summed E-state index contributed by atoms with van der Waals surface area (Å²) in [5.74, 6) is -0.917. The van der Waals surface area contributed by atoms with Crippen LogP contribution in [0.2, 0.25) is 0 Å². The number of carbonyl (C=O) groups excluding carboxylic acids is 2. The summed E-state index contributed by atoms with van der Waals surface area (Å²) < 4.78 is 43.1. The Morgan fingerprint density at radius 2 is 1.82 bits per heavy atom. The lowest BCUT2D eigenvalue weighted by molar-refractivity contribution is -0.124. The molecule has 180 valence electrons. The molecule has 1 heterocycles. The first-order chi connectivity index (χ1) is 15.8. The Kier molecular flexibility index (Phi) is 7.12. The third kappa shape index (κ3) is 5.99. The third-order valence-electron chi connectivity index (χ3n) is 5.35. The third-order valence-corrected chi connectivity index (χ3v) is 6.18. The van der Waals surface area contributed by atoms with Crippen molar-refractivity contribution < 1.29 is 27.1 Å². The van der Waals surface area contributed by atoms with Crippen LogP contribution in [0.15, 0.2) is 42.6 Å². The molecule has 0 aromatic heterocycles. The minimum absolute atomic E-state index is 0.110. The molecule has 0 aliphatic carbocycles. The number of ketones is 1. The average molecular weight is 486 g/mol. The van der Waals surface area contributed by atoms with Gasteiger partial charge in [0.15, 0.2) is 15.6 Å². The van der Waals surface area contributed by atoms with Gasteiger partial charge in [0.05, 0.1) is 19.3 Å². The molecule has 2 aromatic rings. The largest absolute Gasteiger partial charge is 0.496 e. The van der Waals surface area contributed by atoms with E-state index in [9.17, 15) is 22.4 Å². The summed E-state index contributed by atoms with van der Waals surface area (Å²) in [6.07, 6.45) is 7.15. The number of halogens is 1. The van der Waals surface area contributed by atoms with Crippen molar-refractivity contribution >= 4 is 39.4 Å². The second-order valence-corrected chi connectivity index (χ2v) is 11.5. The molecule has 0 atom stereocenters. The van der Waals surface area contributed by atoms with E-state index in [-0.39, 0.29) is 34.8 Å². The van der Waals surface area contributed by atoms with Gasteiger partial charge in [-0.25, -0.2) is 12.8 Å². The number of methoxy groups -OCH3 is 1. The molecule has 1 aliphatic rings. The molecule has 0 N–H and O–H groups in total. The van der Waals surface area contributed by atoms with E-state index in [1.165, 1.54) is 29.3 Å². The molecule has 0 unspecified atom stereocenters. The predicted octanol–water partition coefficient (Wildman–Crippen LogP) is 4.67. The maximum Gasteiger partial charge on any atom is 0.238 e. The monoisotopic (exact) mass is 485 g/mol. The van der Waals surface area contributed by atoms with Gasteiger partial charge in [0.25, 0.3) is 0 Å². The average Bonchev–Trinajstić information content (AvgIpc) is 2.72. The van der Waals surface area contributed by atoms with E-state index >= 15 is 0 Å². The van der Waals surface area contributed by atoms with Crippen molar-refractivity contribution in [1.29, 1.82) is 0 Å². The number of nitrogens with zero attached hydrogens (tertiary/aromatic N) is 1. The number of hydrogen-bond acceptors (Lipinski definition) is 5. The summed E-state index contributed by atoms with van der Waals surface area (Å²) in [5, 5.41) is 0. The molecule has 6 nitrogen and oxygen atoms in total. The van der Waals surface area contributed by atoms with Gasteiger partial charge in [-0.3, -0.25) is 14.5 Å². The van der Waals surface area contributed by atoms with Crippen LogP contribution in [0, 0.1) is 5.82 Å². The number of rotatable bonds is 6. The topological polar surface area (TPSA) is 80.8 Å². The number of carbonyl (C=O) groups is 2. The van der Waals surface area contributed by atoms with Crippen LogP contribution >= 0.6 is 0 Å². The maximum atomic E-state index is 14.5. The fourth-order valence-electron chi connectivity index (χ4n) is 3.70. The van der Waals surface area contributed by atoms with E-state index in [4.69, 9.17) is 4.74 Å². The Bertz CT molecular complexity index is 1300. The molecule has 0 saturated heterocycles. The van der Waals surface area contributed by atoms with Crippen molar-refractivity contribution in [1.82, 2.24) is 0 Å². The van der Waals surface area contributed by atoms with E-state index in [0.29, 0.717) is 22.6 Å². The predicted molar refractivity (Wildman–Crippen MR) is 132 cm³/mol. The van der Waals surface area contributed by atoms with Crippen LogP contribution in [0.1, 0.15) is 49.4 Å². The van der Waals surface area contributed by atoms with Gasteiger partial charge in [-0.1, -0.05) is 45.1 Å². The minimum atomic E-state index is -3.35. The van der Waals surface area contributed by atoms with E-state index in [1.54, 1.807) is 31.4 Å². The van der Waals surface area contributed by atoms with Gasteiger partial charge in [-0.05, 0) is 35.3 Å². The van der Waals surface area contributed by atoms with Crippen molar-refractivity contribution in [3.05, 3.63) is 70.7 Å². The van der Waals surface area contributed by atoms with Gasteiger partial charge in [-0.15, -0.1) is 0 Å². The molecule has 0 fully saturated rings. The van der Waals surface area contributed by atoms with Gasteiger partial charge >= 0.3 is 0 Å². The van der Waals surface area contributed by atoms with E-state index < -0.39 is 15.7 Å². The highest BCUT2D eigenvalue weighted by Crippen LogP contribution is 2.39. The SMILES string of the molecule is COc1c(/C=C/c2ccc(CS(C)(=O)=O)c(F)c2)cc(N2C=CC(=O)CC2=O)cc1C(C)(C)C. The van der Waals surface area contributed by atoms with Crippen LogP contribution in [-0.4, -0.2) is 33.5 Å². The Morgan fingerprint density at radius 3 is 2.38 bits per heavy atom. The second kappa shape index (κ2) is 9.54. The fraction of sp³-hybridized carbons (Fsp3) is 0.308. The van der Waals surface area contributed by atoms with Gasteiger partial charge in [0, 0.05) is 34.8 Å². The van der Waals surface area contributed by atoms with E-state index in [0.717, 1.165) is 11.8 Å². The molecule has 8 heteroatoms. The number of benzene rings is 2. The van der Waals surface area contributed by atoms with Crippen molar-refractivity contribution in [2.75, 3.05) is 18.3 Å². The maximum absolute atomic E-state index is 14.5. The Balaban J connectivity index is 2.07. The van der Waals surface area contributed by atoms with E-state index in [2.05, 4.69) is 0 Å². The van der Waals surface area contributed by atoms with Gasteiger partial charge in [0.2, 0.25) is 5.91 Å². The van der Waals surface area contributed by atoms with Crippen LogP contribution in [0.4, 0.5) is 10.1 Å². The highest BCUT2D eigenvalue weighted by molar-refractivity contribution is 7.89. The van der Waals surface area contributed by atoms with Crippen LogP contribution in [0.3, 0.4) is 0 Å². The second-order valence-electron chi connectivity index (χ2n) is 9.34. The van der Waals surface area contributed by atoms with Crippen LogP contribution in [-0.2, 0) is 30.6 Å². The van der Waals surface area contributed by atoms with Gasteiger partial charge in [0.1, 0.15) is 11.6 Å². The number of anilines is 1. The number of sulfone groups is 1. The van der Waals surface area contributed by atoms with Crippen molar-refractivity contribution in [2.45, 2.75) is 38.4 Å². The highest BCUT2D eigenvalue weighted by Gasteiger charge is 2.26. The zero-order valence-corrected chi connectivity index (χ0v) is 20.7. The summed E-state index contributed by atoms with van der Waals surface area (Å²) in [4.78, 5) is 25.5. The molecule has 0 bridgehead atoms. The standard InChI is InChI=1S/C26H28FNO5S/c1-26(2,3)22-14-20(28-11-10-21(29)15-24(28)30)13-18(25(22)33-4)8-6-17-7-9-19(23(27)12-17)16-34(5,31)32/h6-14H,15-16H2,1-5H3/b8-6+. The molecule has 34 heavy (non-hydrogen) atoms. The Morgan fingerprint density at radius 1 is 1.12 bits per heavy atom. The lowest BCUT2D eigenvalue weighted by atomic mass is 9.84. The molecule has 2 aromatic carbocycles. The zero-order chi connectivity index (χ0) is 25.3. The molecule has 3 rings (SSSR count). The molecular formula is C26H28FNO5S. The normalized spacial score (nSPS) is 14.8. The van der Waals surface area contributed by atoms with Crippen LogP contribution in [0.25, 0.3) is 12.2 Å². The van der Waals surface area contributed by atoms with Gasteiger partial charge in [-0.2, -0.15) is 0 Å². The molecule has 1 amide bonds. The first-order valence-electron chi connectivity index (χ1n) is 10.7. The highest BCUT2D eigenvalue weighted by atomic mass is 32.2. The quantitative estimate of drug-likeness (QED) is 0.439. The van der Waals surface area contributed by atoms with E-state index in [1.807, 2.05) is 26.8 Å². The summed E-state index contributed by atoms with van der Waals surface area (Å²) in [6.45, 7) is 6.07. The summed E-state index contributed by atoms with van der Waals surface area (Å²) in [7, 11) is -1.79. The lowest BCUT2D eigenvalue weighted by Crippen LogP contribution is -2.31. The number of allylic oxidation sites excluding steroid dienone is 1. The summed E-state index contributed by atoms with van der Waals surface area (Å²) in [5.41, 5.74) is 2.46. The number of hydrogen-bond donors (Lipinski definition) is 0. The summed E-state index contributed by atoms with van der Waals surface area (Å²) in [6, 6.07) is 8.02. The minimum Gasteiger partial charge on any atom is -0.496 e. The number of amides is 1. The summed E-state index contributed by atoms with van der Waals surface area (Å²) >= 11 is 0. The molecule has 0 radical (unpaired) electrons. The van der Waals surface area contributed by atoms with Crippen LogP contribution < -0.4 is 9.64 Å². The van der Waals surface area contributed by atoms with Crippen molar-refractivity contribution in [3.8, 4) is 5.75 Å². The molecule has 1 aliphatic heterocycles. The fourth-order valence-corrected chi connectivity index (χ4v) is 4.50. The van der Waals surface area contributed by atoms with Crippen molar-refractivity contribution in [3.63, 3.8) is 0 Å². The lowest BCUT2D eigenvalue weighted by Gasteiger charge is -2.28. The Hall–Kier alpha value is -3.26. The van der Waals surface area contributed by atoms with Gasteiger partial charge < -0.3 is 4.74 Å². The first kappa shape index (κ1) is 25.4. The molecule has 0 saturated carbocycles. The molecular weight excluding hydrogens is 457 g/mol.